The Morgan fingerprint density at radius 2 is 1.89 bits per heavy atom. The summed E-state index contributed by atoms with van der Waals surface area (Å²) in [5, 5.41) is 13.4. The molecule has 2 aromatic heterocycles. The van der Waals surface area contributed by atoms with Crippen molar-refractivity contribution >= 4 is 17.6 Å². The highest BCUT2D eigenvalue weighted by Crippen LogP contribution is 2.32. The van der Waals surface area contributed by atoms with Gasteiger partial charge in [0.05, 0.1) is 18.8 Å². The molecule has 2 N–H and O–H groups in total. The highest BCUT2D eigenvalue weighted by atomic mass is 16.5. The van der Waals surface area contributed by atoms with Crippen molar-refractivity contribution in [2.24, 2.45) is 0 Å². The van der Waals surface area contributed by atoms with Crippen molar-refractivity contribution in [1.29, 1.82) is 0 Å². The zero-order valence-corrected chi connectivity index (χ0v) is 20.7. The Labute approximate surface area is 219 Å². The zero-order chi connectivity index (χ0) is 26.5. The van der Waals surface area contributed by atoms with Crippen molar-refractivity contribution in [3.8, 4) is 29.1 Å². The molecule has 0 bridgehead atoms. The molecule has 2 aliphatic rings. The first kappa shape index (κ1) is 25.2. The van der Waals surface area contributed by atoms with Gasteiger partial charge in [-0.25, -0.2) is 4.98 Å². The average Bonchev–Trinajstić information content (AvgIpc) is 3.05. The molecule has 1 saturated heterocycles. The van der Waals surface area contributed by atoms with Crippen LogP contribution in [0.4, 0.5) is 5.82 Å². The van der Waals surface area contributed by atoms with E-state index in [1.54, 1.807) is 31.3 Å². The number of aliphatic hydroxyl groups is 1. The summed E-state index contributed by atoms with van der Waals surface area (Å²) in [6, 6.07) is 13.0. The predicted molar refractivity (Wildman–Crippen MR) is 137 cm³/mol. The van der Waals surface area contributed by atoms with Crippen LogP contribution in [-0.2, 0) is 9.53 Å². The van der Waals surface area contributed by atoms with E-state index in [0.717, 1.165) is 0 Å². The number of para-hydroxylation sites is 1. The van der Waals surface area contributed by atoms with E-state index in [9.17, 15) is 14.7 Å². The number of hydrogen-bond acceptors (Lipinski definition) is 8. The van der Waals surface area contributed by atoms with E-state index < -0.39 is 23.5 Å². The number of pyridine rings is 2. The molecule has 38 heavy (non-hydrogen) atoms. The van der Waals surface area contributed by atoms with Crippen LogP contribution in [0.2, 0.25) is 0 Å². The molecule has 1 atom stereocenters. The fourth-order valence-electron chi connectivity index (χ4n) is 4.07. The van der Waals surface area contributed by atoms with Crippen LogP contribution in [0.15, 0.2) is 60.9 Å². The number of anilines is 1. The van der Waals surface area contributed by atoms with E-state index in [1.807, 2.05) is 18.2 Å². The lowest BCUT2D eigenvalue weighted by Gasteiger charge is -2.26. The van der Waals surface area contributed by atoms with Gasteiger partial charge in [0.2, 0.25) is 0 Å². The van der Waals surface area contributed by atoms with Crippen LogP contribution >= 0.6 is 0 Å². The van der Waals surface area contributed by atoms with Crippen LogP contribution in [0.3, 0.4) is 0 Å². The maximum atomic E-state index is 13.2. The molecule has 10 heteroatoms. The first-order chi connectivity index (χ1) is 18.4. The molecule has 2 amide bonds. The third kappa shape index (κ3) is 5.59. The van der Waals surface area contributed by atoms with E-state index in [1.165, 1.54) is 23.4 Å². The number of hydrogen-bond donors (Lipinski definition) is 2. The summed E-state index contributed by atoms with van der Waals surface area (Å²) >= 11 is 0. The molecule has 1 fully saturated rings. The van der Waals surface area contributed by atoms with Gasteiger partial charge in [-0.05, 0) is 24.3 Å². The summed E-state index contributed by atoms with van der Waals surface area (Å²) in [7, 11) is 1.55. The van der Waals surface area contributed by atoms with Crippen molar-refractivity contribution in [3.05, 3.63) is 72.2 Å². The monoisotopic (exact) mass is 514 g/mol. The fourth-order valence-corrected chi connectivity index (χ4v) is 4.07. The number of rotatable bonds is 4. The van der Waals surface area contributed by atoms with Gasteiger partial charge in [0, 0.05) is 38.3 Å². The minimum atomic E-state index is -1.15. The predicted octanol–water partition coefficient (Wildman–Crippen LogP) is 2.32. The van der Waals surface area contributed by atoms with Crippen LogP contribution in [0, 0.1) is 11.8 Å². The van der Waals surface area contributed by atoms with Crippen molar-refractivity contribution in [1.82, 2.24) is 15.3 Å². The van der Waals surface area contributed by atoms with Gasteiger partial charge in [-0.3, -0.25) is 19.5 Å². The number of aromatic nitrogens is 2. The molecule has 0 aliphatic carbocycles. The third-order valence-corrected chi connectivity index (χ3v) is 6.22. The molecule has 2 aliphatic heterocycles. The molecule has 1 aromatic carbocycles. The third-order valence-electron chi connectivity index (χ3n) is 6.22. The molecule has 5 rings (SSSR count). The molecule has 0 radical (unpaired) electrons. The van der Waals surface area contributed by atoms with Gasteiger partial charge in [-0.1, -0.05) is 30.0 Å². The summed E-state index contributed by atoms with van der Waals surface area (Å²) in [6.07, 6.45) is 3.80. The largest absolute Gasteiger partial charge is 0.486 e. The minimum absolute atomic E-state index is 0.0880. The quantitative estimate of drug-likeness (QED) is 0.509. The van der Waals surface area contributed by atoms with Crippen LogP contribution in [0.5, 0.6) is 17.2 Å². The summed E-state index contributed by atoms with van der Waals surface area (Å²) in [6.45, 7) is 0.733. The number of nitrogens with one attached hydrogen (secondary N) is 1. The number of nitrogens with zero attached hydrogens (tertiary/aromatic N) is 3. The summed E-state index contributed by atoms with van der Waals surface area (Å²) in [5.41, 5.74) is -0.581. The van der Waals surface area contributed by atoms with Crippen LogP contribution in [0.25, 0.3) is 0 Å². The number of fused-ring (bicyclic) bond motifs is 1. The standard InChI is InChI=1S/C28H26N4O6/c1-32-25-24(19(8-13-30-25)7-10-28(35)11-15-36-16-12-28)37-18-23(27(32)34)31-26(33)22-17-21(9-14-29-22)38-20-5-3-2-4-6-20/h2-6,8-9,13-14,17,23,35H,11-12,15-16,18H2,1H3,(H,31,33). The highest BCUT2D eigenvalue weighted by Gasteiger charge is 2.33. The molecule has 0 spiro atoms. The van der Waals surface area contributed by atoms with Gasteiger partial charge in [-0.15, -0.1) is 0 Å². The van der Waals surface area contributed by atoms with Gasteiger partial charge in [-0.2, -0.15) is 0 Å². The van der Waals surface area contributed by atoms with Crippen LogP contribution in [0.1, 0.15) is 28.9 Å². The maximum Gasteiger partial charge on any atom is 0.270 e. The molecule has 0 saturated carbocycles. The number of ether oxygens (including phenoxy) is 3. The van der Waals surface area contributed by atoms with Crippen LogP contribution in [-0.4, -0.2) is 65.4 Å². The van der Waals surface area contributed by atoms with E-state index in [2.05, 4.69) is 27.1 Å². The Kier molecular flexibility index (Phi) is 7.22. The van der Waals surface area contributed by atoms with E-state index in [4.69, 9.17) is 14.2 Å². The van der Waals surface area contributed by atoms with E-state index in [-0.39, 0.29) is 18.1 Å². The number of amides is 2. The Morgan fingerprint density at radius 1 is 1.13 bits per heavy atom. The van der Waals surface area contributed by atoms with Crippen molar-refractivity contribution < 1.29 is 28.9 Å². The fraction of sp³-hybridized carbons (Fsp3) is 0.286. The van der Waals surface area contributed by atoms with Gasteiger partial charge >= 0.3 is 0 Å². The Balaban J connectivity index is 1.32. The summed E-state index contributed by atoms with van der Waals surface area (Å²) < 4.78 is 17.0. The number of likely N-dealkylation sites (N-methyl/N-ethyl adjacent to an activating group) is 1. The first-order valence-electron chi connectivity index (χ1n) is 12.1. The van der Waals surface area contributed by atoms with Crippen LogP contribution < -0.4 is 19.7 Å². The molecule has 10 nitrogen and oxygen atoms in total. The average molecular weight is 515 g/mol. The second-order valence-electron chi connectivity index (χ2n) is 8.93. The minimum Gasteiger partial charge on any atom is -0.486 e. The SMILES string of the molecule is CN1C(=O)C(NC(=O)c2cc(Oc3ccccc3)ccn2)COc2c(C#CC3(O)CCOCC3)ccnc21. The van der Waals surface area contributed by atoms with Crippen molar-refractivity contribution in [3.63, 3.8) is 0 Å². The smallest absolute Gasteiger partial charge is 0.270 e. The van der Waals surface area contributed by atoms with Gasteiger partial charge in [0.15, 0.2) is 11.6 Å². The van der Waals surface area contributed by atoms with E-state index >= 15 is 0 Å². The Morgan fingerprint density at radius 3 is 2.68 bits per heavy atom. The lowest BCUT2D eigenvalue weighted by Crippen LogP contribution is -2.49. The Bertz CT molecular complexity index is 1400. The van der Waals surface area contributed by atoms with Gasteiger partial charge < -0.3 is 24.6 Å². The number of carbonyl (C=O) groups is 2. The normalized spacial score (nSPS) is 18.2. The van der Waals surface area contributed by atoms with Crippen molar-refractivity contribution in [2.75, 3.05) is 31.8 Å². The molecular formula is C28H26N4O6. The summed E-state index contributed by atoms with van der Waals surface area (Å²) in [5.74, 6) is 6.57. The highest BCUT2D eigenvalue weighted by molar-refractivity contribution is 6.02. The van der Waals surface area contributed by atoms with E-state index in [0.29, 0.717) is 48.9 Å². The lowest BCUT2D eigenvalue weighted by molar-refractivity contribution is -0.120. The molecule has 3 aromatic rings. The lowest BCUT2D eigenvalue weighted by atomic mass is 9.95. The van der Waals surface area contributed by atoms with Gasteiger partial charge in [0.25, 0.3) is 11.8 Å². The second kappa shape index (κ2) is 10.9. The topological polar surface area (TPSA) is 123 Å². The van der Waals surface area contributed by atoms with Gasteiger partial charge in [0.1, 0.15) is 35.4 Å². The molecule has 4 heterocycles. The first-order valence-corrected chi connectivity index (χ1v) is 12.1. The molecular weight excluding hydrogens is 488 g/mol. The number of benzene rings is 1. The summed E-state index contributed by atoms with van der Waals surface area (Å²) in [4.78, 5) is 36.0. The Hall–Kier alpha value is -4.46. The maximum absolute atomic E-state index is 13.2. The molecule has 194 valence electrons. The number of carbonyl (C=O) groups excluding carboxylic acids is 2. The molecule has 1 unspecified atom stereocenters. The van der Waals surface area contributed by atoms with Crippen molar-refractivity contribution in [2.45, 2.75) is 24.5 Å². The second-order valence-corrected chi connectivity index (χ2v) is 8.93. The zero-order valence-electron chi connectivity index (χ0n) is 20.7.